The third-order valence-electron chi connectivity index (χ3n) is 4.40. The molecule has 0 aliphatic carbocycles. The number of carbonyl (C=O) groups is 1. The van der Waals surface area contributed by atoms with Gasteiger partial charge in [0.15, 0.2) is 11.5 Å². The highest BCUT2D eigenvalue weighted by atomic mass is 16.6. The molecule has 2 unspecified atom stereocenters. The Labute approximate surface area is 146 Å². The second kappa shape index (κ2) is 6.27. The van der Waals surface area contributed by atoms with E-state index in [0.29, 0.717) is 30.5 Å². The van der Waals surface area contributed by atoms with Gasteiger partial charge in [-0.1, -0.05) is 18.2 Å². The number of fused-ring (bicyclic) bond motifs is 1. The molecule has 0 saturated carbocycles. The highest BCUT2D eigenvalue weighted by Crippen LogP contribution is 2.34. The number of hydrogen-bond donors (Lipinski definition) is 0. The number of pyridine rings is 1. The molecule has 0 N–H and O–H groups in total. The number of benzene rings is 1. The molecular formula is C19H20N2O4. The van der Waals surface area contributed by atoms with Crippen LogP contribution in [-0.2, 0) is 4.79 Å². The zero-order valence-electron chi connectivity index (χ0n) is 14.2. The van der Waals surface area contributed by atoms with E-state index in [1.54, 1.807) is 4.90 Å². The Bertz CT molecular complexity index is 788. The lowest BCUT2D eigenvalue weighted by atomic mass is 10.1. The number of carbonyl (C=O) groups excluding carboxylic acids is 1. The summed E-state index contributed by atoms with van der Waals surface area (Å²) in [6, 6.07) is 13.1. The molecular weight excluding hydrogens is 320 g/mol. The van der Waals surface area contributed by atoms with E-state index in [-0.39, 0.29) is 18.1 Å². The first kappa shape index (κ1) is 15.7. The van der Waals surface area contributed by atoms with E-state index < -0.39 is 6.10 Å². The molecule has 3 heterocycles. The van der Waals surface area contributed by atoms with E-state index in [1.807, 2.05) is 56.3 Å². The number of likely N-dealkylation sites (tertiary alicyclic amines) is 1. The number of nitrogens with zero attached hydrogens (tertiary/aromatic N) is 2. The van der Waals surface area contributed by atoms with E-state index in [4.69, 9.17) is 14.2 Å². The molecule has 0 radical (unpaired) electrons. The van der Waals surface area contributed by atoms with Crippen LogP contribution in [0.1, 0.15) is 12.6 Å². The summed E-state index contributed by atoms with van der Waals surface area (Å²) < 4.78 is 17.5. The van der Waals surface area contributed by atoms with Crippen LogP contribution < -0.4 is 14.2 Å². The van der Waals surface area contributed by atoms with Gasteiger partial charge in [0.05, 0.1) is 13.1 Å². The molecule has 2 atom stereocenters. The van der Waals surface area contributed by atoms with Crippen LogP contribution in [0.5, 0.6) is 17.4 Å². The molecule has 6 heteroatoms. The zero-order valence-corrected chi connectivity index (χ0v) is 14.2. The quantitative estimate of drug-likeness (QED) is 0.857. The molecule has 2 aromatic rings. The smallest absolute Gasteiger partial charge is 0.267 e. The van der Waals surface area contributed by atoms with Crippen LogP contribution in [0.4, 0.5) is 0 Å². The van der Waals surface area contributed by atoms with Crippen molar-refractivity contribution >= 4 is 5.91 Å². The predicted molar refractivity (Wildman–Crippen MR) is 90.9 cm³/mol. The average molecular weight is 340 g/mol. The van der Waals surface area contributed by atoms with Crippen molar-refractivity contribution < 1.29 is 19.0 Å². The monoisotopic (exact) mass is 340 g/mol. The fourth-order valence-corrected chi connectivity index (χ4v) is 3.02. The maximum absolute atomic E-state index is 12.7. The maximum atomic E-state index is 12.7. The van der Waals surface area contributed by atoms with Gasteiger partial charge in [0.1, 0.15) is 12.2 Å². The van der Waals surface area contributed by atoms with E-state index in [0.717, 1.165) is 5.69 Å². The molecule has 0 bridgehead atoms. The number of amides is 1. The van der Waals surface area contributed by atoms with Gasteiger partial charge in [-0.25, -0.2) is 4.98 Å². The summed E-state index contributed by atoms with van der Waals surface area (Å²) in [7, 11) is 0. The molecule has 1 fully saturated rings. The van der Waals surface area contributed by atoms with Gasteiger partial charge in [0.2, 0.25) is 12.0 Å². The van der Waals surface area contributed by atoms with Gasteiger partial charge >= 0.3 is 0 Å². The molecule has 6 nitrogen and oxygen atoms in total. The average Bonchev–Trinajstić information content (AvgIpc) is 2.56. The van der Waals surface area contributed by atoms with Crippen molar-refractivity contribution in [2.45, 2.75) is 32.2 Å². The maximum Gasteiger partial charge on any atom is 0.267 e. The number of hydrogen-bond acceptors (Lipinski definition) is 5. The summed E-state index contributed by atoms with van der Waals surface area (Å²) in [6.45, 7) is 4.83. The molecule has 1 aromatic heterocycles. The summed E-state index contributed by atoms with van der Waals surface area (Å²) in [4.78, 5) is 18.8. The van der Waals surface area contributed by atoms with Crippen LogP contribution in [0.3, 0.4) is 0 Å². The lowest BCUT2D eigenvalue weighted by Crippen LogP contribution is -2.61. The summed E-state index contributed by atoms with van der Waals surface area (Å²) >= 11 is 0. The van der Waals surface area contributed by atoms with Gasteiger partial charge in [-0.15, -0.1) is 0 Å². The first-order chi connectivity index (χ1) is 12.1. The van der Waals surface area contributed by atoms with Crippen LogP contribution in [0.25, 0.3) is 0 Å². The number of ether oxygens (including phenoxy) is 3. The summed E-state index contributed by atoms with van der Waals surface area (Å²) in [5.74, 6) is 1.81. The van der Waals surface area contributed by atoms with Gasteiger partial charge in [-0.2, -0.15) is 0 Å². The van der Waals surface area contributed by atoms with E-state index >= 15 is 0 Å². The van der Waals surface area contributed by atoms with Crippen molar-refractivity contribution in [3.05, 3.63) is 48.2 Å². The van der Waals surface area contributed by atoms with Gasteiger partial charge in [0, 0.05) is 11.8 Å². The van der Waals surface area contributed by atoms with Crippen LogP contribution in [0.2, 0.25) is 0 Å². The third-order valence-corrected chi connectivity index (χ3v) is 4.40. The Morgan fingerprint density at radius 1 is 1.12 bits per heavy atom. The molecule has 0 spiro atoms. The molecule has 1 saturated heterocycles. The normalized spacial score (nSPS) is 22.2. The van der Waals surface area contributed by atoms with Crippen molar-refractivity contribution in [2.24, 2.45) is 0 Å². The lowest BCUT2D eigenvalue weighted by molar-refractivity contribution is -0.153. The first-order valence-electron chi connectivity index (χ1n) is 8.41. The van der Waals surface area contributed by atoms with E-state index in [1.165, 1.54) is 0 Å². The molecule has 4 rings (SSSR count). The van der Waals surface area contributed by atoms with Crippen molar-refractivity contribution in [3.8, 4) is 17.4 Å². The molecule has 25 heavy (non-hydrogen) atoms. The number of aromatic nitrogens is 1. The lowest BCUT2D eigenvalue weighted by Gasteiger charge is -2.42. The second-order valence-corrected chi connectivity index (χ2v) is 6.41. The topological polar surface area (TPSA) is 60.9 Å². The highest BCUT2D eigenvalue weighted by molar-refractivity contribution is 5.83. The molecule has 130 valence electrons. The van der Waals surface area contributed by atoms with Crippen LogP contribution in [0.15, 0.2) is 42.5 Å². The van der Waals surface area contributed by atoms with Crippen molar-refractivity contribution in [2.75, 3.05) is 13.1 Å². The van der Waals surface area contributed by atoms with Crippen LogP contribution >= 0.6 is 0 Å². The van der Waals surface area contributed by atoms with Gasteiger partial charge in [-0.3, -0.25) is 4.79 Å². The largest absolute Gasteiger partial charge is 0.482 e. The second-order valence-electron chi connectivity index (χ2n) is 6.41. The fourth-order valence-electron chi connectivity index (χ4n) is 3.02. The predicted octanol–water partition coefficient (Wildman–Crippen LogP) is 2.21. The minimum Gasteiger partial charge on any atom is -0.482 e. The Hall–Kier alpha value is -2.76. The Morgan fingerprint density at radius 2 is 1.84 bits per heavy atom. The van der Waals surface area contributed by atoms with E-state index in [9.17, 15) is 4.79 Å². The SMILES string of the molecule is Cc1cccc(OC2CN(C(=O)C3Oc4ccccc4OC3C)C2)n1. The third kappa shape index (κ3) is 3.12. The molecule has 1 amide bonds. The van der Waals surface area contributed by atoms with Crippen molar-refractivity contribution in [1.82, 2.24) is 9.88 Å². The van der Waals surface area contributed by atoms with Crippen molar-refractivity contribution in [1.29, 1.82) is 0 Å². The number of rotatable bonds is 3. The van der Waals surface area contributed by atoms with Crippen molar-refractivity contribution in [3.63, 3.8) is 0 Å². The Morgan fingerprint density at radius 3 is 2.56 bits per heavy atom. The molecule has 1 aromatic carbocycles. The minimum absolute atomic E-state index is 0.0367. The first-order valence-corrected chi connectivity index (χ1v) is 8.41. The van der Waals surface area contributed by atoms with Gasteiger partial charge in [-0.05, 0) is 32.0 Å². The van der Waals surface area contributed by atoms with Crippen LogP contribution in [0, 0.1) is 6.92 Å². The number of aryl methyl sites for hydroxylation is 1. The minimum atomic E-state index is -0.632. The van der Waals surface area contributed by atoms with Gasteiger partial charge in [0.25, 0.3) is 5.91 Å². The highest BCUT2D eigenvalue weighted by Gasteiger charge is 2.42. The molecule has 2 aliphatic rings. The Balaban J connectivity index is 1.35. The summed E-state index contributed by atoms with van der Waals surface area (Å²) in [6.07, 6.45) is -1.00. The van der Waals surface area contributed by atoms with Crippen LogP contribution in [-0.4, -0.2) is 47.2 Å². The zero-order chi connectivity index (χ0) is 17.4. The standard InChI is InChI=1S/C19H20N2O4/c1-12-6-5-9-17(20-12)24-14-10-21(11-14)19(22)18-13(2)23-15-7-3-4-8-16(15)25-18/h3-9,13-14,18H,10-11H2,1-2H3. The summed E-state index contributed by atoms with van der Waals surface area (Å²) in [5, 5.41) is 0. The molecule has 2 aliphatic heterocycles. The fraction of sp³-hybridized carbons (Fsp3) is 0.368. The summed E-state index contributed by atoms with van der Waals surface area (Å²) in [5.41, 5.74) is 0.907. The Kier molecular flexibility index (Phi) is 3.95. The number of para-hydroxylation sites is 2. The van der Waals surface area contributed by atoms with E-state index in [2.05, 4.69) is 4.98 Å². The van der Waals surface area contributed by atoms with Gasteiger partial charge < -0.3 is 19.1 Å².